The van der Waals surface area contributed by atoms with Crippen LogP contribution in [0.5, 0.6) is 0 Å². The standard InChI is InChI=1S/C14H12I2/c15-9-11-4-3-6-12(8-11)14-7-2-1-5-13(14)10-16/h1-8H,9-10H2. The number of rotatable bonds is 3. The number of halogens is 2. The maximum atomic E-state index is 2.42. The quantitative estimate of drug-likeness (QED) is 0.459. The Hall–Kier alpha value is -0.100. The van der Waals surface area contributed by atoms with Gasteiger partial charge < -0.3 is 0 Å². The third-order valence-corrected chi connectivity index (χ3v) is 4.26. The van der Waals surface area contributed by atoms with Gasteiger partial charge in [-0.15, -0.1) is 0 Å². The highest BCUT2D eigenvalue weighted by Crippen LogP contribution is 2.26. The van der Waals surface area contributed by atoms with E-state index >= 15 is 0 Å². The molecule has 0 nitrogen and oxygen atoms in total. The molecule has 0 amide bonds. The zero-order chi connectivity index (χ0) is 11.4. The fourth-order valence-corrected chi connectivity index (χ4v) is 2.88. The fraction of sp³-hybridized carbons (Fsp3) is 0.143. The molecule has 2 aromatic carbocycles. The average molecular weight is 434 g/mol. The molecule has 2 heteroatoms. The molecule has 0 unspecified atom stereocenters. The summed E-state index contributed by atoms with van der Waals surface area (Å²) in [5.74, 6) is 0. The van der Waals surface area contributed by atoms with E-state index in [4.69, 9.17) is 0 Å². The van der Waals surface area contributed by atoms with E-state index in [0.717, 1.165) is 8.86 Å². The van der Waals surface area contributed by atoms with Crippen molar-refractivity contribution in [3.05, 3.63) is 59.7 Å². The molecule has 0 N–H and O–H groups in total. The predicted octanol–water partition coefficient (Wildman–Crippen LogP) is 5.22. The molecule has 0 bridgehead atoms. The van der Waals surface area contributed by atoms with Crippen LogP contribution in [0.2, 0.25) is 0 Å². The van der Waals surface area contributed by atoms with Crippen molar-refractivity contribution in [1.82, 2.24) is 0 Å². The SMILES string of the molecule is ICc1cccc(-c2ccccc2CI)c1. The van der Waals surface area contributed by atoms with E-state index in [1.165, 1.54) is 22.3 Å². The van der Waals surface area contributed by atoms with E-state index in [9.17, 15) is 0 Å². The number of benzene rings is 2. The molecule has 0 spiro atoms. The van der Waals surface area contributed by atoms with Crippen molar-refractivity contribution in [2.24, 2.45) is 0 Å². The van der Waals surface area contributed by atoms with Crippen LogP contribution in [-0.2, 0) is 8.86 Å². The molecule has 0 heterocycles. The fourth-order valence-electron chi connectivity index (χ4n) is 1.74. The lowest BCUT2D eigenvalue weighted by molar-refractivity contribution is 1.41. The Bertz CT molecular complexity index is 478. The first kappa shape index (κ1) is 12.4. The molecule has 16 heavy (non-hydrogen) atoms. The van der Waals surface area contributed by atoms with Gasteiger partial charge >= 0.3 is 0 Å². The summed E-state index contributed by atoms with van der Waals surface area (Å²) in [4.78, 5) is 0. The normalized spacial score (nSPS) is 10.4. The Morgan fingerprint density at radius 2 is 1.62 bits per heavy atom. The minimum Gasteiger partial charge on any atom is -0.0812 e. The lowest BCUT2D eigenvalue weighted by atomic mass is 9.99. The monoisotopic (exact) mass is 434 g/mol. The minimum atomic E-state index is 1.06. The van der Waals surface area contributed by atoms with Gasteiger partial charge in [0.15, 0.2) is 0 Å². The maximum Gasteiger partial charge on any atom is 0.0253 e. The second kappa shape index (κ2) is 6.00. The van der Waals surface area contributed by atoms with Gasteiger partial charge in [-0.2, -0.15) is 0 Å². The van der Waals surface area contributed by atoms with Gasteiger partial charge in [0, 0.05) is 8.86 Å². The molecule has 0 saturated carbocycles. The Balaban J connectivity index is 2.49. The summed E-state index contributed by atoms with van der Waals surface area (Å²) in [5, 5.41) is 0. The highest BCUT2D eigenvalue weighted by Gasteiger charge is 2.03. The van der Waals surface area contributed by atoms with Crippen molar-refractivity contribution in [3.8, 4) is 11.1 Å². The van der Waals surface area contributed by atoms with E-state index < -0.39 is 0 Å². The maximum absolute atomic E-state index is 2.42. The summed E-state index contributed by atoms with van der Waals surface area (Å²) in [6.07, 6.45) is 0. The smallest absolute Gasteiger partial charge is 0.0253 e. The highest BCUT2D eigenvalue weighted by molar-refractivity contribution is 14.1. The number of alkyl halides is 2. The second-order valence-electron chi connectivity index (χ2n) is 3.62. The van der Waals surface area contributed by atoms with Crippen LogP contribution in [-0.4, -0.2) is 0 Å². The zero-order valence-electron chi connectivity index (χ0n) is 8.79. The average Bonchev–Trinajstić information content (AvgIpc) is 2.38. The summed E-state index contributed by atoms with van der Waals surface area (Å²) >= 11 is 4.83. The molecule has 0 fully saturated rings. The van der Waals surface area contributed by atoms with Crippen molar-refractivity contribution in [1.29, 1.82) is 0 Å². The molecule has 0 aromatic heterocycles. The molecule has 0 saturated heterocycles. The van der Waals surface area contributed by atoms with Crippen molar-refractivity contribution < 1.29 is 0 Å². The molecule has 0 atom stereocenters. The van der Waals surface area contributed by atoms with Crippen LogP contribution in [0, 0.1) is 0 Å². The van der Waals surface area contributed by atoms with Crippen molar-refractivity contribution in [3.63, 3.8) is 0 Å². The van der Waals surface area contributed by atoms with E-state index in [0.29, 0.717) is 0 Å². The Labute approximate surface area is 124 Å². The lowest BCUT2D eigenvalue weighted by Gasteiger charge is -2.08. The second-order valence-corrected chi connectivity index (χ2v) is 5.15. The van der Waals surface area contributed by atoms with E-state index in [1.54, 1.807) is 0 Å². The van der Waals surface area contributed by atoms with Crippen LogP contribution in [0.15, 0.2) is 48.5 Å². The van der Waals surface area contributed by atoms with Gasteiger partial charge in [0.2, 0.25) is 0 Å². The lowest BCUT2D eigenvalue weighted by Crippen LogP contribution is -1.86. The summed E-state index contributed by atoms with van der Waals surface area (Å²) in [6, 6.07) is 17.5. The zero-order valence-corrected chi connectivity index (χ0v) is 13.1. The summed E-state index contributed by atoms with van der Waals surface area (Å²) in [5.41, 5.74) is 5.50. The van der Waals surface area contributed by atoms with Crippen LogP contribution >= 0.6 is 45.2 Å². The Kier molecular flexibility index (Phi) is 4.64. The summed E-state index contributed by atoms with van der Waals surface area (Å²) in [6.45, 7) is 0. The van der Waals surface area contributed by atoms with Gasteiger partial charge in [0.25, 0.3) is 0 Å². The van der Waals surface area contributed by atoms with Gasteiger partial charge in [-0.3, -0.25) is 0 Å². The number of hydrogen-bond donors (Lipinski definition) is 0. The summed E-state index contributed by atoms with van der Waals surface area (Å²) < 4.78 is 2.13. The van der Waals surface area contributed by atoms with E-state index in [2.05, 4.69) is 93.7 Å². The van der Waals surface area contributed by atoms with Crippen LogP contribution in [0.3, 0.4) is 0 Å². The van der Waals surface area contributed by atoms with E-state index in [-0.39, 0.29) is 0 Å². The van der Waals surface area contributed by atoms with Gasteiger partial charge in [0.05, 0.1) is 0 Å². The Morgan fingerprint density at radius 1 is 0.812 bits per heavy atom. The molecular formula is C14H12I2. The first-order chi connectivity index (χ1) is 7.85. The van der Waals surface area contributed by atoms with Crippen molar-refractivity contribution >= 4 is 45.2 Å². The predicted molar refractivity (Wildman–Crippen MR) is 87.3 cm³/mol. The molecule has 0 radical (unpaired) electrons. The largest absolute Gasteiger partial charge is 0.0812 e. The third kappa shape index (κ3) is 2.77. The van der Waals surface area contributed by atoms with Crippen LogP contribution < -0.4 is 0 Å². The molecule has 0 aliphatic rings. The molecule has 0 aliphatic heterocycles. The van der Waals surface area contributed by atoms with Crippen molar-refractivity contribution in [2.45, 2.75) is 8.86 Å². The highest BCUT2D eigenvalue weighted by atomic mass is 127. The van der Waals surface area contributed by atoms with Gasteiger partial charge in [0.1, 0.15) is 0 Å². The summed E-state index contributed by atoms with van der Waals surface area (Å²) in [7, 11) is 0. The Morgan fingerprint density at radius 3 is 2.38 bits per heavy atom. The van der Waals surface area contributed by atoms with Crippen LogP contribution in [0.1, 0.15) is 11.1 Å². The van der Waals surface area contributed by atoms with Crippen LogP contribution in [0.25, 0.3) is 11.1 Å². The first-order valence-corrected chi connectivity index (χ1v) is 8.19. The van der Waals surface area contributed by atoms with Gasteiger partial charge in [-0.25, -0.2) is 0 Å². The number of hydrogen-bond acceptors (Lipinski definition) is 0. The molecular weight excluding hydrogens is 422 g/mol. The van der Waals surface area contributed by atoms with Crippen LogP contribution in [0.4, 0.5) is 0 Å². The molecule has 2 rings (SSSR count). The molecule has 0 aliphatic carbocycles. The molecule has 82 valence electrons. The van der Waals surface area contributed by atoms with Gasteiger partial charge in [-0.1, -0.05) is 93.7 Å². The topological polar surface area (TPSA) is 0 Å². The minimum absolute atomic E-state index is 1.06. The van der Waals surface area contributed by atoms with E-state index in [1.807, 2.05) is 0 Å². The molecule has 2 aromatic rings. The van der Waals surface area contributed by atoms with Gasteiger partial charge in [-0.05, 0) is 22.3 Å². The first-order valence-electron chi connectivity index (χ1n) is 5.14. The third-order valence-electron chi connectivity index (χ3n) is 2.55. The van der Waals surface area contributed by atoms with Crippen molar-refractivity contribution in [2.75, 3.05) is 0 Å².